The van der Waals surface area contributed by atoms with Gasteiger partial charge in [-0.1, -0.05) is 11.6 Å². The van der Waals surface area contributed by atoms with E-state index in [2.05, 4.69) is 10.3 Å². The van der Waals surface area contributed by atoms with Gasteiger partial charge in [0.25, 0.3) is 11.6 Å². The van der Waals surface area contributed by atoms with Gasteiger partial charge in [-0.15, -0.1) is 0 Å². The van der Waals surface area contributed by atoms with E-state index >= 15 is 0 Å². The summed E-state index contributed by atoms with van der Waals surface area (Å²) in [6.07, 6.45) is 2.28. The number of hydrogen-bond acceptors (Lipinski definition) is 6. The van der Waals surface area contributed by atoms with Gasteiger partial charge in [0, 0.05) is 18.9 Å². The molecule has 0 fully saturated rings. The molecular formula is C10H12ClN3O5S. The molecule has 0 aromatic carbocycles. The lowest BCUT2D eigenvalue weighted by atomic mass is 10.2. The number of rotatable bonds is 6. The van der Waals surface area contributed by atoms with Crippen molar-refractivity contribution in [2.24, 2.45) is 0 Å². The Hall–Kier alpha value is -1.74. The van der Waals surface area contributed by atoms with Crippen LogP contribution in [0.3, 0.4) is 0 Å². The first kappa shape index (κ1) is 16.3. The van der Waals surface area contributed by atoms with Crippen molar-refractivity contribution < 1.29 is 18.1 Å². The predicted octanol–water partition coefficient (Wildman–Crippen LogP) is 0.808. The second-order valence-electron chi connectivity index (χ2n) is 4.03. The lowest BCUT2D eigenvalue weighted by Gasteiger charge is -2.05. The third-order valence-electron chi connectivity index (χ3n) is 2.26. The maximum atomic E-state index is 11.8. The molecule has 0 aliphatic heterocycles. The summed E-state index contributed by atoms with van der Waals surface area (Å²) < 4.78 is 21.8. The smallest absolute Gasteiger partial charge is 0.288 e. The number of nitro groups is 1. The molecule has 1 aromatic rings. The largest absolute Gasteiger partial charge is 0.352 e. The van der Waals surface area contributed by atoms with Crippen LogP contribution in [-0.2, 0) is 9.84 Å². The quantitative estimate of drug-likeness (QED) is 0.358. The highest BCUT2D eigenvalue weighted by atomic mass is 35.5. The number of carbonyl (C=O) groups is 1. The molecule has 0 unspecified atom stereocenters. The normalized spacial score (nSPS) is 11.1. The van der Waals surface area contributed by atoms with E-state index in [9.17, 15) is 23.3 Å². The van der Waals surface area contributed by atoms with Gasteiger partial charge in [-0.05, 0) is 6.42 Å². The summed E-state index contributed by atoms with van der Waals surface area (Å²) >= 11 is 5.69. The van der Waals surface area contributed by atoms with Crippen LogP contribution in [0.15, 0.2) is 12.3 Å². The topological polar surface area (TPSA) is 119 Å². The van der Waals surface area contributed by atoms with Crippen molar-refractivity contribution in [1.82, 2.24) is 10.3 Å². The van der Waals surface area contributed by atoms with Crippen LogP contribution in [0.1, 0.15) is 16.8 Å². The lowest BCUT2D eigenvalue weighted by molar-refractivity contribution is -0.385. The van der Waals surface area contributed by atoms with E-state index in [4.69, 9.17) is 11.6 Å². The van der Waals surface area contributed by atoms with Crippen molar-refractivity contribution in [3.05, 3.63) is 33.1 Å². The number of sulfone groups is 1. The van der Waals surface area contributed by atoms with E-state index < -0.39 is 20.7 Å². The number of nitrogens with zero attached hydrogens (tertiary/aromatic N) is 2. The minimum absolute atomic E-state index is 0.0613. The molecule has 0 aliphatic carbocycles. The van der Waals surface area contributed by atoms with E-state index in [1.54, 1.807) is 0 Å². The zero-order chi connectivity index (χ0) is 15.3. The molecule has 1 heterocycles. The van der Waals surface area contributed by atoms with Gasteiger partial charge in [-0.25, -0.2) is 13.4 Å². The molecule has 1 aromatic heterocycles. The van der Waals surface area contributed by atoms with E-state index in [-0.39, 0.29) is 35.1 Å². The Morgan fingerprint density at radius 2 is 2.20 bits per heavy atom. The van der Waals surface area contributed by atoms with Crippen LogP contribution in [0.25, 0.3) is 0 Å². The molecule has 20 heavy (non-hydrogen) atoms. The van der Waals surface area contributed by atoms with Gasteiger partial charge >= 0.3 is 0 Å². The minimum Gasteiger partial charge on any atom is -0.352 e. The van der Waals surface area contributed by atoms with Crippen LogP contribution in [0, 0.1) is 10.1 Å². The fourth-order valence-electron chi connectivity index (χ4n) is 1.33. The predicted molar refractivity (Wildman–Crippen MR) is 72.6 cm³/mol. The van der Waals surface area contributed by atoms with Gasteiger partial charge in [0.15, 0.2) is 0 Å². The summed E-state index contributed by atoms with van der Waals surface area (Å²) in [6, 6.07) is 1.02. The molecular weight excluding hydrogens is 310 g/mol. The zero-order valence-electron chi connectivity index (χ0n) is 10.5. The first-order valence-electron chi connectivity index (χ1n) is 5.46. The van der Waals surface area contributed by atoms with Crippen LogP contribution in [-0.4, -0.2) is 42.8 Å². The van der Waals surface area contributed by atoms with Crippen molar-refractivity contribution in [2.75, 3.05) is 18.6 Å². The number of halogens is 1. The second kappa shape index (κ2) is 6.62. The van der Waals surface area contributed by atoms with E-state index in [1.807, 2.05) is 0 Å². The molecule has 8 nitrogen and oxygen atoms in total. The maximum absolute atomic E-state index is 11.8. The molecule has 0 bridgehead atoms. The van der Waals surface area contributed by atoms with Gasteiger partial charge in [0.05, 0.1) is 16.2 Å². The Morgan fingerprint density at radius 1 is 1.55 bits per heavy atom. The molecule has 1 N–H and O–H groups in total. The summed E-state index contributed by atoms with van der Waals surface area (Å²) in [5, 5.41) is 12.9. The first-order chi connectivity index (χ1) is 9.20. The van der Waals surface area contributed by atoms with Crippen LogP contribution in [0.4, 0.5) is 5.69 Å². The van der Waals surface area contributed by atoms with E-state index in [0.29, 0.717) is 0 Å². The van der Waals surface area contributed by atoms with Gasteiger partial charge in [-0.2, -0.15) is 0 Å². The highest BCUT2D eigenvalue weighted by Crippen LogP contribution is 2.18. The summed E-state index contributed by atoms with van der Waals surface area (Å²) in [5.74, 6) is -0.700. The molecule has 1 amide bonds. The van der Waals surface area contributed by atoms with Crippen LogP contribution in [0.5, 0.6) is 0 Å². The molecule has 0 aliphatic rings. The van der Waals surface area contributed by atoms with Gasteiger partial charge in [0.1, 0.15) is 21.2 Å². The minimum atomic E-state index is -3.09. The number of aromatic nitrogens is 1. The summed E-state index contributed by atoms with van der Waals surface area (Å²) in [6.45, 7) is 0.116. The van der Waals surface area contributed by atoms with Crippen LogP contribution >= 0.6 is 11.6 Å². The Kier molecular flexibility index (Phi) is 5.40. The lowest BCUT2D eigenvalue weighted by Crippen LogP contribution is -2.26. The highest BCUT2D eigenvalue weighted by molar-refractivity contribution is 7.90. The number of pyridine rings is 1. The molecule has 0 saturated carbocycles. The third-order valence-corrected chi connectivity index (χ3v) is 3.59. The van der Waals surface area contributed by atoms with E-state index in [0.717, 1.165) is 18.5 Å². The standard InChI is InChI=1S/C10H12ClN3O5S/c1-20(18,19)4-2-3-12-10(15)8-5-7(14(16)17)6-13-9(8)11/h5-6H,2-4H2,1H3,(H,12,15). The van der Waals surface area contributed by atoms with Crippen molar-refractivity contribution in [2.45, 2.75) is 6.42 Å². The molecule has 0 radical (unpaired) electrons. The Labute approximate surface area is 120 Å². The van der Waals surface area contributed by atoms with Crippen LogP contribution < -0.4 is 5.32 Å². The average Bonchev–Trinajstić information content (AvgIpc) is 2.33. The van der Waals surface area contributed by atoms with E-state index in [1.165, 1.54) is 0 Å². The molecule has 1 rings (SSSR count). The SMILES string of the molecule is CS(=O)(=O)CCCNC(=O)c1cc([N+](=O)[O-])cnc1Cl. The first-order valence-corrected chi connectivity index (χ1v) is 7.90. The van der Waals surface area contributed by atoms with Crippen molar-refractivity contribution >= 4 is 33.0 Å². The maximum Gasteiger partial charge on any atom is 0.288 e. The number of amides is 1. The van der Waals surface area contributed by atoms with Gasteiger partial charge < -0.3 is 5.32 Å². The number of hydrogen-bond donors (Lipinski definition) is 1. The summed E-state index contributed by atoms with van der Waals surface area (Å²) in [5.41, 5.74) is -0.476. The average molecular weight is 322 g/mol. The number of carbonyl (C=O) groups excluding carboxylic acids is 1. The summed E-state index contributed by atoms with van der Waals surface area (Å²) in [4.78, 5) is 25.2. The Balaban J connectivity index is 2.68. The second-order valence-corrected chi connectivity index (χ2v) is 6.65. The molecule has 0 saturated heterocycles. The Morgan fingerprint density at radius 3 is 2.75 bits per heavy atom. The van der Waals surface area contributed by atoms with Gasteiger partial charge in [0.2, 0.25) is 0 Å². The fraction of sp³-hybridized carbons (Fsp3) is 0.400. The summed E-state index contributed by atoms with van der Waals surface area (Å²) in [7, 11) is -3.09. The zero-order valence-corrected chi connectivity index (χ0v) is 12.1. The van der Waals surface area contributed by atoms with Crippen molar-refractivity contribution in [1.29, 1.82) is 0 Å². The van der Waals surface area contributed by atoms with Gasteiger partial charge in [-0.3, -0.25) is 14.9 Å². The molecule has 10 heteroatoms. The molecule has 110 valence electrons. The fourth-order valence-corrected chi connectivity index (χ4v) is 2.19. The molecule has 0 spiro atoms. The van der Waals surface area contributed by atoms with Crippen molar-refractivity contribution in [3.8, 4) is 0 Å². The number of nitrogens with one attached hydrogen (secondary N) is 1. The monoisotopic (exact) mass is 321 g/mol. The molecule has 0 atom stereocenters. The third kappa shape index (κ3) is 5.10. The van der Waals surface area contributed by atoms with Crippen molar-refractivity contribution in [3.63, 3.8) is 0 Å². The van der Waals surface area contributed by atoms with Crippen LogP contribution in [0.2, 0.25) is 5.15 Å². The highest BCUT2D eigenvalue weighted by Gasteiger charge is 2.16. The Bertz CT molecular complexity index is 632.